The number of amides is 1. The Labute approximate surface area is 133 Å². The normalized spacial score (nSPS) is 13.5. The standard InChI is InChI=1S/C20H25NO/c1-5-15(3)19(17-9-7-6-8-10-17)20(22)21-18-12-11-14(2)13-16(18)4/h6-13,15,19H,5H2,1-4H3,(H,21,22)/t15-,19+/m1/s1. The average molecular weight is 295 g/mol. The molecule has 2 rings (SSSR count). The lowest BCUT2D eigenvalue weighted by Crippen LogP contribution is -2.26. The number of benzene rings is 2. The lowest BCUT2D eigenvalue weighted by atomic mass is 9.85. The summed E-state index contributed by atoms with van der Waals surface area (Å²) in [5.41, 5.74) is 4.29. The van der Waals surface area contributed by atoms with Crippen molar-refractivity contribution in [2.75, 3.05) is 5.32 Å². The summed E-state index contributed by atoms with van der Waals surface area (Å²) in [5.74, 6) is 0.257. The maximum absolute atomic E-state index is 12.8. The van der Waals surface area contributed by atoms with Crippen molar-refractivity contribution in [3.63, 3.8) is 0 Å². The van der Waals surface area contributed by atoms with Crippen molar-refractivity contribution < 1.29 is 4.79 Å². The predicted octanol–water partition coefficient (Wildman–Crippen LogP) is 5.07. The van der Waals surface area contributed by atoms with E-state index in [4.69, 9.17) is 0 Å². The molecule has 0 aromatic heterocycles. The SMILES string of the molecule is CC[C@@H](C)[C@H](C(=O)Nc1ccc(C)cc1C)c1ccccc1. The molecule has 0 heterocycles. The lowest BCUT2D eigenvalue weighted by molar-refractivity contribution is -0.118. The third-order valence-electron chi connectivity index (χ3n) is 4.29. The zero-order chi connectivity index (χ0) is 16.1. The van der Waals surface area contributed by atoms with Crippen LogP contribution in [0.5, 0.6) is 0 Å². The van der Waals surface area contributed by atoms with E-state index < -0.39 is 0 Å². The van der Waals surface area contributed by atoms with Gasteiger partial charge in [0.2, 0.25) is 5.91 Å². The summed E-state index contributed by atoms with van der Waals surface area (Å²) in [6.45, 7) is 8.36. The van der Waals surface area contributed by atoms with Gasteiger partial charge in [0.15, 0.2) is 0 Å². The van der Waals surface area contributed by atoms with Crippen LogP contribution in [0.25, 0.3) is 0 Å². The van der Waals surface area contributed by atoms with Gasteiger partial charge in [0, 0.05) is 5.69 Å². The highest BCUT2D eigenvalue weighted by molar-refractivity contribution is 5.96. The molecule has 0 unspecified atom stereocenters. The molecule has 0 aliphatic rings. The molecule has 2 aromatic carbocycles. The molecule has 0 radical (unpaired) electrons. The minimum Gasteiger partial charge on any atom is -0.325 e. The van der Waals surface area contributed by atoms with E-state index in [9.17, 15) is 4.79 Å². The summed E-state index contributed by atoms with van der Waals surface area (Å²) in [6, 6.07) is 16.2. The van der Waals surface area contributed by atoms with Gasteiger partial charge in [0.05, 0.1) is 5.92 Å². The van der Waals surface area contributed by atoms with Crippen LogP contribution in [0.15, 0.2) is 48.5 Å². The molecule has 0 aliphatic heterocycles. The van der Waals surface area contributed by atoms with Gasteiger partial charge in [-0.05, 0) is 37.0 Å². The summed E-state index contributed by atoms with van der Waals surface area (Å²) in [7, 11) is 0. The molecule has 2 heteroatoms. The molecule has 22 heavy (non-hydrogen) atoms. The Bertz CT molecular complexity index is 633. The van der Waals surface area contributed by atoms with Gasteiger partial charge >= 0.3 is 0 Å². The van der Waals surface area contributed by atoms with Gasteiger partial charge in [-0.1, -0.05) is 68.3 Å². The van der Waals surface area contributed by atoms with Gasteiger partial charge in [0.1, 0.15) is 0 Å². The number of hydrogen-bond donors (Lipinski definition) is 1. The van der Waals surface area contributed by atoms with Crippen molar-refractivity contribution >= 4 is 11.6 Å². The molecule has 0 fully saturated rings. The van der Waals surface area contributed by atoms with E-state index >= 15 is 0 Å². The number of carbonyl (C=O) groups excluding carboxylic acids is 1. The number of nitrogens with one attached hydrogen (secondary N) is 1. The Hall–Kier alpha value is -2.09. The Morgan fingerprint density at radius 3 is 2.36 bits per heavy atom. The average Bonchev–Trinajstić information content (AvgIpc) is 2.51. The zero-order valence-corrected chi connectivity index (χ0v) is 13.9. The first-order chi connectivity index (χ1) is 10.5. The Morgan fingerprint density at radius 2 is 1.77 bits per heavy atom. The number of rotatable bonds is 5. The molecule has 0 saturated heterocycles. The van der Waals surface area contributed by atoms with Crippen molar-refractivity contribution in [2.24, 2.45) is 5.92 Å². The van der Waals surface area contributed by atoms with Gasteiger partial charge in [-0.2, -0.15) is 0 Å². The molecule has 2 atom stereocenters. The van der Waals surface area contributed by atoms with Crippen molar-refractivity contribution in [3.8, 4) is 0 Å². The van der Waals surface area contributed by atoms with Gasteiger partial charge in [-0.25, -0.2) is 0 Å². The topological polar surface area (TPSA) is 29.1 Å². The van der Waals surface area contributed by atoms with E-state index in [1.54, 1.807) is 0 Å². The molecule has 2 nitrogen and oxygen atoms in total. The minimum atomic E-state index is -0.119. The Morgan fingerprint density at radius 1 is 1.09 bits per heavy atom. The van der Waals surface area contributed by atoms with E-state index in [1.807, 2.05) is 49.4 Å². The molecule has 0 spiro atoms. The van der Waals surface area contributed by atoms with Crippen LogP contribution < -0.4 is 5.32 Å². The third-order valence-corrected chi connectivity index (χ3v) is 4.29. The highest BCUT2D eigenvalue weighted by Crippen LogP contribution is 2.29. The number of aryl methyl sites for hydroxylation is 2. The minimum absolute atomic E-state index is 0.0764. The maximum Gasteiger partial charge on any atom is 0.232 e. The predicted molar refractivity (Wildman–Crippen MR) is 93.2 cm³/mol. The molecule has 116 valence electrons. The van der Waals surface area contributed by atoms with Gasteiger partial charge in [-0.3, -0.25) is 4.79 Å². The van der Waals surface area contributed by atoms with Crippen molar-refractivity contribution in [1.82, 2.24) is 0 Å². The molecule has 1 amide bonds. The lowest BCUT2D eigenvalue weighted by Gasteiger charge is -2.23. The van der Waals surface area contributed by atoms with Crippen molar-refractivity contribution in [2.45, 2.75) is 40.0 Å². The van der Waals surface area contributed by atoms with Crippen molar-refractivity contribution in [3.05, 3.63) is 65.2 Å². The van der Waals surface area contributed by atoms with E-state index in [1.165, 1.54) is 5.56 Å². The third kappa shape index (κ3) is 3.76. The monoisotopic (exact) mass is 295 g/mol. The van der Waals surface area contributed by atoms with E-state index in [0.29, 0.717) is 5.92 Å². The van der Waals surface area contributed by atoms with Gasteiger partial charge < -0.3 is 5.32 Å². The van der Waals surface area contributed by atoms with Crippen LogP contribution in [0.3, 0.4) is 0 Å². The van der Waals surface area contributed by atoms with Crippen LogP contribution in [-0.4, -0.2) is 5.91 Å². The summed E-state index contributed by atoms with van der Waals surface area (Å²) >= 11 is 0. The van der Waals surface area contributed by atoms with Crippen LogP contribution in [0.2, 0.25) is 0 Å². The smallest absolute Gasteiger partial charge is 0.232 e. The fraction of sp³-hybridized carbons (Fsp3) is 0.350. The molecule has 1 N–H and O–H groups in total. The second kappa shape index (κ2) is 7.26. The van der Waals surface area contributed by atoms with E-state index in [2.05, 4.69) is 32.2 Å². The first kappa shape index (κ1) is 16.3. The van der Waals surface area contributed by atoms with E-state index in [-0.39, 0.29) is 11.8 Å². The van der Waals surface area contributed by atoms with Crippen LogP contribution in [-0.2, 0) is 4.79 Å². The highest BCUT2D eigenvalue weighted by Gasteiger charge is 2.26. The van der Waals surface area contributed by atoms with Crippen LogP contribution in [0.4, 0.5) is 5.69 Å². The molecule has 2 aromatic rings. The molecule has 0 saturated carbocycles. The molecule has 0 bridgehead atoms. The Balaban J connectivity index is 2.26. The molecule has 0 aliphatic carbocycles. The first-order valence-electron chi connectivity index (χ1n) is 7.96. The summed E-state index contributed by atoms with van der Waals surface area (Å²) in [6.07, 6.45) is 0.972. The highest BCUT2D eigenvalue weighted by atomic mass is 16.1. The fourth-order valence-corrected chi connectivity index (χ4v) is 2.80. The number of anilines is 1. The van der Waals surface area contributed by atoms with Crippen LogP contribution >= 0.6 is 0 Å². The van der Waals surface area contributed by atoms with Crippen LogP contribution in [0, 0.1) is 19.8 Å². The number of carbonyl (C=O) groups is 1. The first-order valence-corrected chi connectivity index (χ1v) is 7.96. The largest absolute Gasteiger partial charge is 0.325 e. The maximum atomic E-state index is 12.8. The zero-order valence-electron chi connectivity index (χ0n) is 13.9. The number of hydrogen-bond acceptors (Lipinski definition) is 1. The molecular weight excluding hydrogens is 270 g/mol. The van der Waals surface area contributed by atoms with Gasteiger partial charge in [0.25, 0.3) is 0 Å². The van der Waals surface area contributed by atoms with Gasteiger partial charge in [-0.15, -0.1) is 0 Å². The summed E-state index contributed by atoms with van der Waals surface area (Å²) < 4.78 is 0. The quantitative estimate of drug-likeness (QED) is 0.819. The second-order valence-electron chi connectivity index (χ2n) is 6.08. The second-order valence-corrected chi connectivity index (χ2v) is 6.08. The fourth-order valence-electron chi connectivity index (χ4n) is 2.80. The van der Waals surface area contributed by atoms with Crippen molar-refractivity contribution in [1.29, 1.82) is 0 Å². The summed E-state index contributed by atoms with van der Waals surface area (Å²) in [4.78, 5) is 12.8. The summed E-state index contributed by atoms with van der Waals surface area (Å²) in [5, 5.41) is 3.11. The Kier molecular flexibility index (Phi) is 5.37. The molecular formula is C20H25NO. The van der Waals surface area contributed by atoms with Crippen LogP contribution in [0.1, 0.15) is 42.9 Å². The van der Waals surface area contributed by atoms with E-state index in [0.717, 1.165) is 23.2 Å².